The van der Waals surface area contributed by atoms with Crippen molar-refractivity contribution in [2.24, 2.45) is 17.6 Å². The normalized spacial score (nSPS) is 28.7. The van der Waals surface area contributed by atoms with Crippen LogP contribution in [0.5, 0.6) is 0 Å². The largest absolute Gasteiger partial charge is 0.464 e. The first-order valence-electron chi connectivity index (χ1n) is 8.64. The molecular formula is C17H24N4O6. The standard InChI is InChI=1S/C17H24N4O6/c1-9(2)5-11(19)15(25)27-7-10-6-17(8-18,14(24)13(10)23)21-4-3-12(22)20-16(21)26/h3-4,9-11,13-14,23-24H,5-7,19H2,1-2H3,(H,20,22,26)/t10-,11-,13?,14?,17+/m1/s1. The first-order chi connectivity index (χ1) is 12.6. The molecule has 1 aliphatic rings. The van der Waals surface area contributed by atoms with Gasteiger partial charge in [0.05, 0.1) is 18.8 Å². The van der Waals surface area contributed by atoms with Crippen molar-refractivity contribution in [2.75, 3.05) is 6.61 Å². The van der Waals surface area contributed by atoms with Crippen LogP contribution in [0.25, 0.3) is 0 Å². The van der Waals surface area contributed by atoms with E-state index in [-0.39, 0.29) is 18.9 Å². The third kappa shape index (κ3) is 4.10. The Bertz CT molecular complexity index is 841. The smallest absolute Gasteiger partial charge is 0.329 e. The number of hydrogen-bond acceptors (Lipinski definition) is 8. The average molecular weight is 380 g/mol. The van der Waals surface area contributed by atoms with E-state index in [1.165, 1.54) is 0 Å². The average Bonchev–Trinajstić information content (AvgIpc) is 2.84. The molecule has 0 saturated heterocycles. The molecule has 148 valence electrons. The summed E-state index contributed by atoms with van der Waals surface area (Å²) in [4.78, 5) is 37.3. The highest BCUT2D eigenvalue weighted by atomic mass is 16.5. The van der Waals surface area contributed by atoms with Crippen molar-refractivity contribution < 1.29 is 19.7 Å². The molecule has 5 N–H and O–H groups in total. The summed E-state index contributed by atoms with van der Waals surface area (Å²) in [6, 6.07) is 2.10. The minimum atomic E-state index is -1.79. The van der Waals surface area contributed by atoms with E-state index in [2.05, 4.69) is 0 Å². The molecule has 1 heterocycles. The molecule has 0 amide bonds. The molecule has 2 unspecified atom stereocenters. The molecule has 1 aromatic rings. The van der Waals surface area contributed by atoms with Gasteiger partial charge < -0.3 is 20.7 Å². The Kier molecular flexibility index (Phi) is 6.20. The highest BCUT2D eigenvalue weighted by Gasteiger charge is 2.55. The molecule has 1 fully saturated rings. The summed E-state index contributed by atoms with van der Waals surface area (Å²) >= 11 is 0. The molecule has 10 heteroatoms. The van der Waals surface area contributed by atoms with Crippen LogP contribution < -0.4 is 17.0 Å². The van der Waals surface area contributed by atoms with E-state index in [0.717, 1.165) is 16.8 Å². The van der Waals surface area contributed by atoms with Crippen LogP contribution >= 0.6 is 0 Å². The Labute approximate surface area is 155 Å². The molecular weight excluding hydrogens is 356 g/mol. The van der Waals surface area contributed by atoms with Gasteiger partial charge in [-0.05, 0) is 18.8 Å². The Balaban J connectivity index is 2.19. The topological polar surface area (TPSA) is 171 Å². The van der Waals surface area contributed by atoms with Crippen LogP contribution in [0.2, 0.25) is 0 Å². The molecule has 10 nitrogen and oxygen atoms in total. The van der Waals surface area contributed by atoms with Gasteiger partial charge in [0, 0.05) is 18.2 Å². The molecule has 27 heavy (non-hydrogen) atoms. The Morgan fingerprint density at radius 3 is 2.74 bits per heavy atom. The number of ether oxygens (including phenoxy) is 1. The van der Waals surface area contributed by atoms with Gasteiger partial charge >= 0.3 is 11.7 Å². The highest BCUT2D eigenvalue weighted by molar-refractivity contribution is 5.75. The summed E-state index contributed by atoms with van der Waals surface area (Å²) in [5.74, 6) is -1.22. The van der Waals surface area contributed by atoms with Gasteiger partial charge in [-0.15, -0.1) is 0 Å². The summed E-state index contributed by atoms with van der Waals surface area (Å²) in [5, 5.41) is 30.4. The zero-order valence-electron chi connectivity index (χ0n) is 15.2. The second-order valence-electron chi connectivity index (χ2n) is 7.28. The molecule has 1 aliphatic carbocycles. The van der Waals surface area contributed by atoms with Crippen molar-refractivity contribution in [3.63, 3.8) is 0 Å². The monoisotopic (exact) mass is 380 g/mol. The van der Waals surface area contributed by atoms with Crippen LogP contribution in [0.3, 0.4) is 0 Å². The second kappa shape index (κ2) is 8.04. The summed E-state index contributed by atoms with van der Waals surface area (Å²) in [7, 11) is 0. The lowest BCUT2D eigenvalue weighted by atomic mass is 9.95. The third-order valence-electron chi connectivity index (χ3n) is 4.78. The van der Waals surface area contributed by atoms with E-state index in [0.29, 0.717) is 6.42 Å². The number of carbonyl (C=O) groups is 1. The van der Waals surface area contributed by atoms with E-state index in [1.54, 1.807) is 0 Å². The van der Waals surface area contributed by atoms with Gasteiger partial charge in [-0.3, -0.25) is 19.1 Å². The fourth-order valence-electron chi connectivity index (χ4n) is 3.38. The minimum Gasteiger partial charge on any atom is -0.464 e. The number of aliphatic hydroxyl groups is 2. The van der Waals surface area contributed by atoms with Gasteiger partial charge in [0.25, 0.3) is 5.56 Å². The summed E-state index contributed by atoms with van der Waals surface area (Å²) < 4.78 is 6.02. The maximum absolute atomic E-state index is 12.1. The number of carbonyl (C=O) groups excluding carboxylic acids is 1. The number of nitrogens with two attached hydrogens (primary N) is 1. The third-order valence-corrected chi connectivity index (χ3v) is 4.78. The molecule has 5 atom stereocenters. The number of aromatic nitrogens is 2. The van der Waals surface area contributed by atoms with Crippen LogP contribution in [-0.4, -0.2) is 50.6 Å². The van der Waals surface area contributed by atoms with Crippen LogP contribution in [0.1, 0.15) is 26.7 Å². The molecule has 0 bridgehead atoms. The number of hydrogen-bond donors (Lipinski definition) is 4. The van der Waals surface area contributed by atoms with Crippen LogP contribution in [-0.2, 0) is 15.1 Å². The zero-order chi connectivity index (χ0) is 20.4. The van der Waals surface area contributed by atoms with Crippen LogP contribution in [0, 0.1) is 23.2 Å². The maximum atomic E-state index is 12.1. The number of esters is 1. The van der Waals surface area contributed by atoms with Gasteiger partial charge in [0.15, 0.2) is 5.54 Å². The van der Waals surface area contributed by atoms with E-state index in [1.807, 2.05) is 24.9 Å². The zero-order valence-corrected chi connectivity index (χ0v) is 15.2. The molecule has 0 spiro atoms. The number of nitrogens with one attached hydrogen (secondary N) is 1. The fourth-order valence-corrected chi connectivity index (χ4v) is 3.38. The first kappa shape index (κ1) is 20.8. The van der Waals surface area contributed by atoms with Crippen molar-refractivity contribution in [1.82, 2.24) is 9.55 Å². The van der Waals surface area contributed by atoms with Crippen LogP contribution in [0.4, 0.5) is 0 Å². The quantitative estimate of drug-likeness (QED) is 0.428. The fraction of sp³-hybridized carbons (Fsp3) is 0.647. The predicted octanol–water partition coefficient (Wildman–Crippen LogP) is -1.59. The summed E-state index contributed by atoms with van der Waals surface area (Å²) in [6.07, 6.45) is -1.64. The Morgan fingerprint density at radius 1 is 1.52 bits per heavy atom. The first-order valence-corrected chi connectivity index (χ1v) is 8.64. The van der Waals surface area contributed by atoms with Gasteiger partial charge in [-0.2, -0.15) is 5.26 Å². The Morgan fingerprint density at radius 2 is 2.19 bits per heavy atom. The van der Waals surface area contributed by atoms with E-state index >= 15 is 0 Å². The van der Waals surface area contributed by atoms with Crippen molar-refractivity contribution in [2.45, 2.75) is 50.5 Å². The summed E-state index contributed by atoms with van der Waals surface area (Å²) in [6.45, 7) is 3.56. The lowest BCUT2D eigenvalue weighted by molar-refractivity contribution is -0.148. The van der Waals surface area contributed by atoms with E-state index < -0.39 is 46.9 Å². The van der Waals surface area contributed by atoms with Crippen LogP contribution in [0.15, 0.2) is 21.9 Å². The molecule has 2 rings (SSSR count). The number of rotatable bonds is 6. The van der Waals surface area contributed by atoms with Crippen molar-refractivity contribution >= 4 is 5.97 Å². The number of H-pyrrole nitrogens is 1. The Hall–Kier alpha value is -2.48. The number of nitriles is 1. The van der Waals surface area contributed by atoms with Crippen molar-refractivity contribution in [3.05, 3.63) is 33.1 Å². The molecule has 0 radical (unpaired) electrons. The minimum absolute atomic E-state index is 0.148. The molecule has 1 saturated carbocycles. The SMILES string of the molecule is CC(C)C[C@@H](N)C(=O)OC[C@H]1C[C@@](C#N)(n2ccc(=O)[nH]c2=O)C(O)C1O. The highest BCUT2D eigenvalue weighted by Crippen LogP contribution is 2.40. The lowest BCUT2D eigenvalue weighted by Gasteiger charge is -2.27. The maximum Gasteiger partial charge on any atom is 0.329 e. The lowest BCUT2D eigenvalue weighted by Crippen LogP contribution is -2.49. The van der Waals surface area contributed by atoms with Crippen molar-refractivity contribution in [1.29, 1.82) is 5.26 Å². The van der Waals surface area contributed by atoms with E-state index in [9.17, 15) is 29.9 Å². The van der Waals surface area contributed by atoms with Gasteiger partial charge in [-0.1, -0.05) is 13.8 Å². The van der Waals surface area contributed by atoms with Crippen molar-refractivity contribution in [3.8, 4) is 6.07 Å². The van der Waals surface area contributed by atoms with Gasteiger partial charge in [0.1, 0.15) is 12.1 Å². The van der Waals surface area contributed by atoms with E-state index in [4.69, 9.17) is 10.5 Å². The van der Waals surface area contributed by atoms with Gasteiger partial charge in [-0.25, -0.2) is 4.79 Å². The molecule has 1 aromatic heterocycles. The molecule has 0 aliphatic heterocycles. The number of aliphatic hydroxyl groups excluding tert-OH is 2. The second-order valence-corrected chi connectivity index (χ2v) is 7.28. The summed E-state index contributed by atoms with van der Waals surface area (Å²) in [5.41, 5.74) is 2.42. The predicted molar refractivity (Wildman–Crippen MR) is 93.4 cm³/mol. The molecule has 0 aromatic carbocycles. The van der Waals surface area contributed by atoms with Gasteiger partial charge in [0.2, 0.25) is 0 Å². The number of nitrogens with zero attached hydrogens (tertiary/aromatic N) is 2. The number of aromatic amines is 1.